The van der Waals surface area contributed by atoms with Crippen LogP contribution in [0.1, 0.15) is 10.4 Å². The van der Waals surface area contributed by atoms with Crippen molar-refractivity contribution < 1.29 is 9.13 Å². The highest BCUT2D eigenvalue weighted by Crippen LogP contribution is 2.19. The first kappa shape index (κ1) is 11.1. The van der Waals surface area contributed by atoms with Crippen LogP contribution in [-0.4, -0.2) is 6.61 Å². The predicted octanol–water partition coefficient (Wildman–Crippen LogP) is 3.82. The molecule has 1 nitrogen and oxygen atoms in total. The van der Waals surface area contributed by atoms with E-state index in [2.05, 4.69) is 11.4 Å². The molecule has 0 aliphatic heterocycles. The molecule has 0 radical (unpaired) electrons. The van der Waals surface area contributed by atoms with Crippen molar-refractivity contribution in [2.24, 2.45) is 0 Å². The van der Waals surface area contributed by atoms with Gasteiger partial charge in [-0.1, -0.05) is 6.07 Å². The zero-order chi connectivity index (χ0) is 11.4. The highest BCUT2D eigenvalue weighted by molar-refractivity contribution is 7.09. The van der Waals surface area contributed by atoms with Crippen LogP contribution in [0, 0.1) is 12.7 Å². The highest BCUT2D eigenvalue weighted by Gasteiger charge is 2.01. The summed E-state index contributed by atoms with van der Waals surface area (Å²) in [5.74, 6) is 0.543. The summed E-state index contributed by atoms with van der Waals surface area (Å²) in [6.07, 6.45) is 0.897. The second kappa shape index (κ2) is 5.12. The summed E-state index contributed by atoms with van der Waals surface area (Å²) in [5, 5.41) is 2.05. The third-order valence-corrected chi connectivity index (χ3v) is 3.26. The average molecular weight is 236 g/mol. The molecule has 1 aromatic carbocycles. The molecular formula is C13H13FOS. The number of aryl methyl sites for hydroxylation is 1. The molecule has 0 N–H and O–H groups in total. The van der Waals surface area contributed by atoms with Crippen LogP contribution in [0.25, 0.3) is 0 Å². The molecule has 2 aromatic rings. The van der Waals surface area contributed by atoms with Gasteiger partial charge in [0.2, 0.25) is 0 Å². The lowest BCUT2D eigenvalue weighted by molar-refractivity contribution is 0.320. The van der Waals surface area contributed by atoms with Gasteiger partial charge in [-0.3, -0.25) is 0 Å². The Kier molecular flexibility index (Phi) is 3.57. The lowest BCUT2D eigenvalue weighted by Gasteiger charge is -2.08. The third-order valence-electron chi connectivity index (χ3n) is 2.32. The number of rotatable bonds is 4. The van der Waals surface area contributed by atoms with Gasteiger partial charge in [-0.25, -0.2) is 4.39 Å². The summed E-state index contributed by atoms with van der Waals surface area (Å²) >= 11 is 1.72. The van der Waals surface area contributed by atoms with Gasteiger partial charge in [0.1, 0.15) is 11.6 Å². The van der Waals surface area contributed by atoms with E-state index in [1.54, 1.807) is 17.4 Å². The molecule has 0 saturated heterocycles. The number of benzene rings is 1. The van der Waals surface area contributed by atoms with Crippen LogP contribution >= 0.6 is 11.3 Å². The first-order valence-corrected chi connectivity index (χ1v) is 6.05. The fourth-order valence-electron chi connectivity index (χ4n) is 1.49. The zero-order valence-corrected chi connectivity index (χ0v) is 9.89. The zero-order valence-electron chi connectivity index (χ0n) is 9.07. The number of ether oxygens (including phenoxy) is 1. The van der Waals surface area contributed by atoms with Gasteiger partial charge in [0.25, 0.3) is 0 Å². The van der Waals surface area contributed by atoms with Crippen molar-refractivity contribution in [1.82, 2.24) is 0 Å². The van der Waals surface area contributed by atoms with E-state index in [0.29, 0.717) is 6.61 Å². The normalized spacial score (nSPS) is 10.4. The molecule has 16 heavy (non-hydrogen) atoms. The van der Waals surface area contributed by atoms with Crippen molar-refractivity contribution in [3.05, 3.63) is 52.0 Å². The van der Waals surface area contributed by atoms with E-state index in [-0.39, 0.29) is 5.82 Å². The van der Waals surface area contributed by atoms with Gasteiger partial charge in [0.15, 0.2) is 0 Å². The van der Waals surface area contributed by atoms with Crippen molar-refractivity contribution in [2.45, 2.75) is 13.3 Å². The molecule has 0 aliphatic carbocycles. The van der Waals surface area contributed by atoms with Crippen molar-refractivity contribution in [3.8, 4) is 5.75 Å². The molecule has 0 spiro atoms. The Balaban J connectivity index is 1.90. The Morgan fingerprint density at radius 1 is 1.31 bits per heavy atom. The van der Waals surface area contributed by atoms with E-state index in [4.69, 9.17) is 4.74 Å². The van der Waals surface area contributed by atoms with E-state index in [1.165, 1.54) is 17.0 Å². The largest absolute Gasteiger partial charge is 0.493 e. The molecule has 84 valence electrons. The molecule has 1 heterocycles. The van der Waals surface area contributed by atoms with Crippen molar-refractivity contribution in [1.29, 1.82) is 0 Å². The van der Waals surface area contributed by atoms with Crippen LogP contribution in [-0.2, 0) is 6.42 Å². The van der Waals surface area contributed by atoms with Crippen molar-refractivity contribution in [3.63, 3.8) is 0 Å². The highest BCUT2D eigenvalue weighted by atomic mass is 32.1. The van der Waals surface area contributed by atoms with Gasteiger partial charge in [-0.2, -0.15) is 0 Å². The summed E-state index contributed by atoms with van der Waals surface area (Å²) in [7, 11) is 0. The van der Waals surface area contributed by atoms with Crippen LogP contribution in [0.15, 0.2) is 35.7 Å². The number of hydrogen-bond donors (Lipinski definition) is 0. The molecule has 0 bridgehead atoms. The summed E-state index contributed by atoms with van der Waals surface area (Å²) in [6.45, 7) is 2.48. The monoisotopic (exact) mass is 236 g/mol. The average Bonchev–Trinajstić information content (AvgIpc) is 2.74. The van der Waals surface area contributed by atoms with Gasteiger partial charge >= 0.3 is 0 Å². The molecule has 1 aromatic heterocycles. The third kappa shape index (κ3) is 2.83. The molecule has 0 atom stereocenters. The summed E-state index contributed by atoms with van der Waals surface area (Å²) < 4.78 is 18.4. The van der Waals surface area contributed by atoms with E-state index < -0.39 is 0 Å². The topological polar surface area (TPSA) is 9.23 Å². The van der Waals surface area contributed by atoms with Crippen LogP contribution < -0.4 is 4.74 Å². The van der Waals surface area contributed by atoms with Crippen molar-refractivity contribution >= 4 is 11.3 Å². The van der Waals surface area contributed by atoms with E-state index >= 15 is 0 Å². The van der Waals surface area contributed by atoms with E-state index in [1.807, 2.05) is 13.0 Å². The Morgan fingerprint density at radius 3 is 2.88 bits per heavy atom. The number of halogens is 1. The number of hydrogen-bond acceptors (Lipinski definition) is 2. The minimum absolute atomic E-state index is 0.219. The lowest BCUT2D eigenvalue weighted by Crippen LogP contribution is -2.01. The van der Waals surface area contributed by atoms with Crippen LogP contribution in [0.2, 0.25) is 0 Å². The van der Waals surface area contributed by atoms with Crippen LogP contribution in [0.4, 0.5) is 4.39 Å². The SMILES string of the molecule is Cc1cc(F)ccc1OCCc1cccs1. The molecule has 0 saturated carbocycles. The Morgan fingerprint density at radius 2 is 2.19 bits per heavy atom. The van der Waals surface area contributed by atoms with Crippen LogP contribution in [0.5, 0.6) is 5.75 Å². The Hall–Kier alpha value is -1.35. The minimum atomic E-state index is -0.219. The van der Waals surface area contributed by atoms with Gasteiger partial charge < -0.3 is 4.74 Å². The Labute approximate surface area is 98.5 Å². The minimum Gasteiger partial charge on any atom is -0.493 e. The van der Waals surface area contributed by atoms with Gasteiger partial charge in [0, 0.05) is 11.3 Å². The van der Waals surface area contributed by atoms with Crippen molar-refractivity contribution in [2.75, 3.05) is 6.61 Å². The smallest absolute Gasteiger partial charge is 0.123 e. The maximum absolute atomic E-state index is 12.8. The van der Waals surface area contributed by atoms with Crippen LogP contribution in [0.3, 0.4) is 0 Å². The fourth-order valence-corrected chi connectivity index (χ4v) is 2.18. The maximum Gasteiger partial charge on any atom is 0.123 e. The van der Waals surface area contributed by atoms with Gasteiger partial charge in [-0.05, 0) is 42.1 Å². The molecule has 0 amide bonds. The van der Waals surface area contributed by atoms with Gasteiger partial charge in [0.05, 0.1) is 6.61 Å². The molecule has 3 heteroatoms. The number of thiophene rings is 1. The lowest BCUT2D eigenvalue weighted by atomic mass is 10.2. The standard InChI is InChI=1S/C13H13FOS/c1-10-9-11(14)4-5-13(10)15-7-6-12-3-2-8-16-12/h2-5,8-9H,6-7H2,1H3. The molecule has 0 fully saturated rings. The molecule has 2 rings (SSSR count). The first-order chi connectivity index (χ1) is 7.75. The second-order valence-corrected chi connectivity index (χ2v) is 4.62. The molecule has 0 aliphatic rings. The molecular weight excluding hydrogens is 223 g/mol. The summed E-state index contributed by atoms with van der Waals surface area (Å²) in [5.41, 5.74) is 0.839. The van der Waals surface area contributed by atoms with E-state index in [9.17, 15) is 4.39 Å². The summed E-state index contributed by atoms with van der Waals surface area (Å²) in [4.78, 5) is 1.31. The van der Waals surface area contributed by atoms with E-state index in [0.717, 1.165) is 17.7 Å². The predicted molar refractivity (Wildman–Crippen MR) is 64.7 cm³/mol. The first-order valence-electron chi connectivity index (χ1n) is 5.17. The fraction of sp³-hybridized carbons (Fsp3) is 0.231. The maximum atomic E-state index is 12.8. The Bertz CT molecular complexity index is 451. The molecule has 0 unspecified atom stereocenters. The summed E-state index contributed by atoms with van der Waals surface area (Å²) in [6, 6.07) is 8.71. The van der Waals surface area contributed by atoms with Gasteiger partial charge in [-0.15, -0.1) is 11.3 Å². The second-order valence-electron chi connectivity index (χ2n) is 3.59. The quantitative estimate of drug-likeness (QED) is 0.784.